The van der Waals surface area contributed by atoms with Gasteiger partial charge in [-0.15, -0.1) is 10.2 Å². The monoisotopic (exact) mass is 323 g/mol. The Hall–Kier alpha value is -2.96. The Balaban J connectivity index is 1.65. The molecule has 0 saturated carbocycles. The molecule has 1 atom stereocenters. The molecule has 1 aliphatic rings. The van der Waals surface area contributed by atoms with Crippen molar-refractivity contribution in [2.24, 2.45) is 0 Å². The van der Waals surface area contributed by atoms with E-state index in [0.717, 1.165) is 24.3 Å². The van der Waals surface area contributed by atoms with Gasteiger partial charge in [-0.25, -0.2) is 4.98 Å². The lowest BCUT2D eigenvalue weighted by Gasteiger charge is -2.23. The minimum Gasteiger partial charge on any atom is -0.481 e. The summed E-state index contributed by atoms with van der Waals surface area (Å²) in [7, 11) is 1.55. The van der Waals surface area contributed by atoms with E-state index in [2.05, 4.69) is 15.2 Å². The maximum absolute atomic E-state index is 12.9. The van der Waals surface area contributed by atoms with Gasteiger partial charge in [-0.05, 0) is 31.0 Å². The molecule has 4 rings (SSSR count). The molecule has 0 radical (unpaired) electrons. The van der Waals surface area contributed by atoms with Gasteiger partial charge < -0.3 is 9.64 Å². The Morgan fingerprint density at radius 2 is 2.17 bits per heavy atom. The summed E-state index contributed by atoms with van der Waals surface area (Å²) in [5, 5.41) is 8.51. The number of hydrogen-bond acceptors (Lipinski definition) is 5. The number of methoxy groups -OCH3 is 1. The summed E-state index contributed by atoms with van der Waals surface area (Å²) in [5.41, 5.74) is 1.34. The molecule has 122 valence electrons. The van der Waals surface area contributed by atoms with Crippen molar-refractivity contribution in [2.45, 2.75) is 18.9 Å². The molecule has 7 nitrogen and oxygen atoms in total. The first kappa shape index (κ1) is 14.6. The van der Waals surface area contributed by atoms with Crippen LogP contribution in [0.5, 0.6) is 5.88 Å². The van der Waals surface area contributed by atoms with Gasteiger partial charge in [-0.3, -0.25) is 9.20 Å². The fraction of sp³-hybridized carbons (Fsp3) is 0.294. The van der Waals surface area contributed by atoms with E-state index < -0.39 is 0 Å². The van der Waals surface area contributed by atoms with E-state index in [-0.39, 0.29) is 11.9 Å². The van der Waals surface area contributed by atoms with E-state index in [0.29, 0.717) is 18.0 Å². The number of fused-ring (bicyclic) bond motifs is 1. The van der Waals surface area contributed by atoms with Crippen LogP contribution in [-0.2, 0) is 0 Å². The molecular weight excluding hydrogens is 306 g/mol. The summed E-state index contributed by atoms with van der Waals surface area (Å²) < 4.78 is 6.99. The van der Waals surface area contributed by atoms with E-state index in [9.17, 15) is 4.79 Å². The second-order valence-electron chi connectivity index (χ2n) is 5.73. The summed E-state index contributed by atoms with van der Waals surface area (Å²) >= 11 is 0. The minimum atomic E-state index is -0.0722. The standard InChI is InChI=1S/C17H17N5O2/c1-24-15-8-7-12(11-18-15)17(23)21-10-4-5-13(21)16-20-19-14-6-2-3-9-22(14)16/h2-3,6-9,11,13H,4-5,10H2,1H3. The number of hydrogen-bond donors (Lipinski definition) is 0. The predicted molar refractivity (Wildman–Crippen MR) is 86.8 cm³/mol. The molecule has 7 heteroatoms. The summed E-state index contributed by atoms with van der Waals surface area (Å²) in [6, 6.07) is 9.14. The lowest BCUT2D eigenvalue weighted by molar-refractivity contribution is 0.0728. The molecule has 1 amide bonds. The number of pyridine rings is 2. The molecule has 1 saturated heterocycles. The van der Waals surface area contributed by atoms with Gasteiger partial charge in [-0.1, -0.05) is 6.07 Å². The first-order valence-electron chi connectivity index (χ1n) is 7.88. The van der Waals surface area contributed by atoms with E-state index >= 15 is 0 Å². The van der Waals surface area contributed by atoms with Gasteiger partial charge in [0, 0.05) is 25.0 Å². The fourth-order valence-corrected chi connectivity index (χ4v) is 3.16. The number of aromatic nitrogens is 4. The van der Waals surface area contributed by atoms with Crippen LogP contribution in [0, 0.1) is 0 Å². The SMILES string of the molecule is COc1ccc(C(=O)N2CCCC2c2nnc3ccccn23)cn1. The van der Waals surface area contributed by atoms with Crippen molar-refractivity contribution in [1.29, 1.82) is 0 Å². The third-order valence-electron chi connectivity index (χ3n) is 4.34. The fourth-order valence-electron chi connectivity index (χ4n) is 3.16. The van der Waals surface area contributed by atoms with Crippen LogP contribution >= 0.6 is 0 Å². The smallest absolute Gasteiger partial charge is 0.256 e. The average molecular weight is 323 g/mol. The number of ether oxygens (including phenoxy) is 1. The van der Waals surface area contributed by atoms with Crippen LogP contribution in [0.2, 0.25) is 0 Å². The molecule has 1 fully saturated rings. The maximum Gasteiger partial charge on any atom is 0.256 e. The van der Waals surface area contributed by atoms with Crippen LogP contribution in [0.1, 0.15) is 35.1 Å². The highest BCUT2D eigenvalue weighted by Crippen LogP contribution is 2.32. The van der Waals surface area contributed by atoms with Gasteiger partial charge in [0.1, 0.15) is 0 Å². The van der Waals surface area contributed by atoms with Crippen molar-refractivity contribution < 1.29 is 9.53 Å². The van der Waals surface area contributed by atoms with Crippen molar-refractivity contribution in [1.82, 2.24) is 24.5 Å². The van der Waals surface area contributed by atoms with Gasteiger partial charge in [0.2, 0.25) is 5.88 Å². The highest BCUT2D eigenvalue weighted by Gasteiger charge is 2.33. The van der Waals surface area contributed by atoms with Crippen molar-refractivity contribution in [3.63, 3.8) is 0 Å². The van der Waals surface area contributed by atoms with Crippen LogP contribution in [0.3, 0.4) is 0 Å². The van der Waals surface area contributed by atoms with Gasteiger partial charge in [0.05, 0.1) is 18.7 Å². The summed E-state index contributed by atoms with van der Waals surface area (Å²) in [6.07, 6.45) is 5.31. The Labute approximate surface area is 138 Å². The Kier molecular flexibility index (Phi) is 3.60. The Bertz CT molecular complexity index is 874. The summed E-state index contributed by atoms with van der Waals surface area (Å²) in [5.74, 6) is 1.26. The summed E-state index contributed by atoms with van der Waals surface area (Å²) in [6.45, 7) is 0.706. The van der Waals surface area contributed by atoms with Crippen LogP contribution < -0.4 is 4.74 Å². The molecule has 1 unspecified atom stereocenters. The lowest BCUT2D eigenvalue weighted by Crippen LogP contribution is -2.31. The zero-order valence-corrected chi connectivity index (χ0v) is 13.3. The number of nitrogens with zero attached hydrogens (tertiary/aromatic N) is 5. The zero-order chi connectivity index (χ0) is 16.5. The minimum absolute atomic E-state index is 0.0414. The number of carbonyl (C=O) groups excluding carboxylic acids is 1. The van der Waals surface area contributed by atoms with E-state index in [1.807, 2.05) is 33.7 Å². The number of carbonyl (C=O) groups is 1. The first-order valence-corrected chi connectivity index (χ1v) is 7.88. The quantitative estimate of drug-likeness (QED) is 0.738. The van der Waals surface area contributed by atoms with Gasteiger partial charge >= 0.3 is 0 Å². The van der Waals surface area contributed by atoms with Crippen molar-refractivity contribution in [2.75, 3.05) is 13.7 Å². The largest absolute Gasteiger partial charge is 0.481 e. The maximum atomic E-state index is 12.9. The number of amides is 1. The molecule has 0 aromatic carbocycles. The lowest BCUT2D eigenvalue weighted by atomic mass is 10.2. The average Bonchev–Trinajstić information content (AvgIpc) is 3.27. The molecule has 1 aliphatic heterocycles. The normalized spacial score (nSPS) is 17.4. The number of rotatable bonds is 3. The van der Waals surface area contributed by atoms with Crippen molar-refractivity contribution >= 4 is 11.6 Å². The molecule has 0 spiro atoms. The third kappa shape index (κ3) is 2.38. The molecule has 0 N–H and O–H groups in total. The van der Waals surface area contributed by atoms with Gasteiger partial charge in [0.25, 0.3) is 5.91 Å². The molecule has 0 aliphatic carbocycles. The Morgan fingerprint density at radius 1 is 1.25 bits per heavy atom. The van der Waals surface area contributed by atoms with Crippen LogP contribution in [0.4, 0.5) is 0 Å². The molecule has 4 heterocycles. The third-order valence-corrected chi connectivity index (χ3v) is 4.34. The molecule has 3 aromatic heterocycles. The van der Waals surface area contributed by atoms with Crippen LogP contribution in [0.15, 0.2) is 42.7 Å². The van der Waals surface area contributed by atoms with E-state index in [4.69, 9.17) is 4.74 Å². The number of likely N-dealkylation sites (tertiary alicyclic amines) is 1. The van der Waals surface area contributed by atoms with Gasteiger partial charge in [0.15, 0.2) is 11.5 Å². The first-order chi connectivity index (χ1) is 11.8. The highest BCUT2D eigenvalue weighted by atomic mass is 16.5. The Morgan fingerprint density at radius 3 is 2.96 bits per heavy atom. The molecule has 3 aromatic rings. The molecular formula is C17H17N5O2. The zero-order valence-electron chi connectivity index (χ0n) is 13.3. The second-order valence-corrected chi connectivity index (χ2v) is 5.73. The van der Waals surface area contributed by atoms with Gasteiger partial charge in [-0.2, -0.15) is 0 Å². The predicted octanol–water partition coefficient (Wildman–Crippen LogP) is 2.11. The van der Waals surface area contributed by atoms with Crippen LogP contribution in [-0.4, -0.2) is 44.0 Å². The molecule has 24 heavy (non-hydrogen) atoms. The summed E-state index contributed by atoms with van der Waals surface area (Å²) in [4.78, 5) is 18.9. The highest BCUT2D eigenvalue weighted by molar-refractivity contribution is 5.94. The second kappa shape index (κ2) is 5.92. The topological polar surface area (TPSA) is 72.6 Å². The van der Waals surface area contributed by atoms with Crippen molar-refractivity contribution in [3.8, 4) is 5.88 Å². The molecule has 0 bridgehead atoms. The van der Waals surface area contributed by atoms with E-state index in [1.165, 1.54) is 0 Å². The van der Waals surface area contributed by atoms with Crippen LogP contribution in [0.25, 0.3) is 5.65 Å². The van der Waals surface area contributed by atoms with E-state index in [1.54, 1.807) is 25.4 Å². The van der Waals surface area contributed by atoms with Crippen molar-refractivity contribution in [3.05, 3.63) is 54.1 Å².